The molecule has 1 aromatic carbocycles. The molecule has 4 rings (SSSR count). The van der Waals surface area contributed by atoms with Crippen LogP contribution in [-0.2, 0) is 11.3 Å². The van der Waals surface area contributed by atoms with Crippen molar-refractivity contribution in [1.29, 1.82) is 0 Å². The van der Waals surface area contributed by atoms with Gasteiger partial charge in [0.25, 0.3) is 5.56 Å². The molecule has 3 heterocycles. The number of benzene rings is 1. The molecular formula is C20H18N4O3S. The largest absolute Gasteiger partial charge is 0.463 e. The van der Waals surface area contributed by atoms with Crippen molar-refractivity contribution in [3.8, 4) is 11.5 Å². The van der Waals surface area contributed by atoms with E-state index in [-0.39, 0.29) is 18.0 Å². The van der Waals surface area contributed by atoms with Crippen LogP contribution in [0, 0.1) is 12.8 Å². The van der Waals surface area contributed by atoms with Crippen LogP contribution in [0.2, 0.25) is 0 Å². The van der Waals surface area contributed by atoms with Crippen molar-refractivity contribution in [1.82, 2.24) is 14.8 Å². The fourth-order valence-corrected chi connectivity index (χ4v) is 3.76. The summed E-state index contributed by atoms with van der Waals surface area (Å²) in [6.07, 6.45) is 1.54. The highest BCUT2D eigenvalue weighted by Crippen LogP contribution is 2.27. The maximum absolute atomic E-state index is 12.6. The molecule has 1 amide bonds. The third-order valence-corrected chi connectivity index (χ3v) is 5.24. The maximum atomic E-state index is 12.6. The van der Waals surface area contributed by atoms with E-state index in [1.807, 2.05) is 25.1 Å². The Labute approximate surface area is 164 Å². The third-order valence-electron chi connectivity index (χ3n) is 4.31. The first-order chi connectivity index (χ1) is 13.5. The number of furan rings is 1. The summed E-state index contributed by atoms with van der Waals surface area (Å²) in [5.74, 6) is -0.116. The van der Waals surface area contributed by atoms with Gasteiger partial charge in [0.2, 0.25) is 5.91 Å². The number of hydrogen-bond donors (Lipinski definition) is 1. The Kier molecular flexibility index (Phi) is 4.79. The molecule has 0 fully saturated rings. The summed E-state index contributed by atoms with van der Waals surface area (Å²) < 4.78 is 7.62. The second-order valence-corrected chi connectivity index (χ2v) is 7.63. The summed E-state index contributed by atoms with van der Waals surface area (Å²) in [6.45, 7) is 3.92. The average Bonchev–Trinajstić information content (AvgIpc) is 3.32. The summed E-state index contributed by atoms with van der Waals surface area (Å²) in [5.41, 5.74) is 2.26. The fourth-order valence-electron chi connectivity index (χ4n) is 2.79. The number of hydrogen-bond acceptors (Lipinski definition) is 6. The highest BCUT2D eigenvalue weighted by molar-refractivity contribution is 7.22. The number of aryl methyl sites for hydroxylation is 1. The van der Waals surface area contributed by atoms with Gasteiger partial charge in [-0.1, -0.05) is 24.3 Å². The van der Waals surface area contributed by atoms with E-state index in [9.17, 15) is 9.59 Å². The van der Waals surface area contributed by atoms with E-state index in [4.69, 9.17) is 4.42 Å². The minimum Gasteiger partial charge on any atom is -0.463 e. The number of anilines is 1. The van der Waals surface area contributed by atoms with Crippen LogP contribution in [0.25, 0.3) is 21.7 Å². The normalized spacial score (nSPS) is 12.2. The zero-order valence-electron chi connectivity index (χ0n) is 15.4. The second-order valence-electron chi connectivity index (χ2n) is 6.60. The van der Waals surface area contributed by atoms with Crippen molar-refractivity contribution >= 4 is 32.6 Å². The van der Waals surface area contributed by atoms with Crippen LogP contribution in [0.15, 0.2) is 57.9 Å². The molecule has 28 heavy (non-hydrogen) atoms. The first-order valence-corrected chi connectivity index (χ1v) is 9.61. The maximum Gasteiger partial charge on any atom is 0.266 e. The predicted molar refractivity (Wildman–Crippen MR) is 108 cm³/mol. The van der Waals surface area contributed by atoms with Gasteiger partial charge in [0.05, 0.1) is 28.9 Å². The van der Waals surface area contributed by atoms with Gasteiger partial charge in [-0.15, -0.1) is 0 Å². The first kappa shape index (κ1) is 18.1. The second kappa shape index (κ2) is 7.40. The summed E-state index contributed by atoms with van der Waals surface area (Å²) >= 11 is 1.43. The van der Waals surface area contributed by atoms with Crippen LogP contribution < -0.4 is 10.9 Å². The molecule has 0 aliphatic heterocycles. The number of amides is 1. The summed E-state index contributed by atoms with van der Waals surface area (Å²) in [5, 5.41) is 7.69. The lowest BCUT2D eigenvalue weighted by Crippen LogP contribution is -2.30. The van der Waals surface area contributed by atoms with Crippen molar-refractivity contribution in [3.63, 3.8) is 0 Å². The number of carbonyl (C=O) groups excluding carboxylic acids is 1. The molecule has 142 valence electrons. The van der Waals surface area contributed by atoms with Crippen molar-refractivity contribution in [2.75, 3.05) is 5.32 Å². The van der Waals surface area contributed by atoms with Gasteiger partial charge in [-0.25, -0.2) is 9.67 Å². The van der Waals surface area contributed by atoms with Crippen LogP contribution in [0.1, 0.15) is 12.5 Å². The molecule has 8 heteroatoms. The number of nitrogens with one attached hydrogen (secondary N) is 1. The number of nitrogens with zero attached hydrogens (tertiary/aromatic N) is 3. The Balaban J connectivity index is 1.49. The third kappa shape index (κ3) is 3.72. The molecule has 1 atom stereocenters. The molecule has 0 saturated heterocycles. The lowest BCUT2D eigenvalue weighted by atomic mass is 10.1. The smallest absolute Gasteiger partial charge is 0.266 e. The van der Waals surface area contributed by atoms with Gasteiger partial charge >= 0.3 is 0 Å². The van der Waals surface area contributed by atoms with Crippen LogP contribution >= 0.6 is 11.3 Å². The van der Waals surface area contributed by atoms with Crippen molar-refractivity contribution in [2.24, 2.45) is 5.92 Å². The highest BCUT2D eigenvalue weighted by atomic mass is 32.1. The molecule has 0 spiro atoms. The van der Waals surface area contributed by atoms with E-state index in [1.165, 1.54) is 22.1 Å². The SMILES string of the molecule is Cc1ccc2nc(NC(=O)[C@@H](C)Cn3nc(-c4ccco4)ccc3=O)sc2c1. The van der Waals surface area contributed by atoms with Crippen molar-refractivity contribution in [2.45, 2.75) is 20.4 Å². The van der Waals surface area contributed by atoms with Gasteiger partial charge in [-0.2, -0.15) is 5.10 Å². The standard InChI is InChI=1S/C20H18N4O3S/c1-12-5-6-15-17(10-12)28-20(21-15)22-19(26)13(2)11-24-18(25)8-7-14(23-24)16-4-3-9-27-16/h3-10,13H,11H2,1-2H3,(H,21,22,26)/t13-/m0/s1. The highest BCUT2D eigenvalue weighted by Gasteiger charge is 2.17. The summed E-state index contributed by atoms with van der Waals surface area (Å²) in [6, 6.07) is 12.5. The molecular weight excluding hydrogens is 376 g/mol. The Morgan fingerprint density at radius 3 is 2.93 bits per heavy atom. The molecule has 3 aromatic heterocycles. The number of fused-ring (bicyclic) bond motifs is 1. The molecule has 0 aliphatic rings. The van der Waals surface area contributed by atoms with Crippen LogP contribution in [-0.4, -0.2) is 20.7 Å². The van der Waals surface area contributed by atoms with E-state index in [0.29, 0.717) is 16.6 Å². The molecule has 1 N–H and O–H groups in total. The van der Waals surface area contributed by atoms with Gasteiger partial charge in [0, 0.05) is 6.07 Å². The fraction of sp³-hybridized carbons (Fsp3) is 0.200. The Hall–Kier alpha value is -3.26. The Morgan fingerprint density at radius 2 is 2.14 bits per heavy atom. The Morgan fingerprint density at radius 1 is 1.29 bits per heavy atom. The quantitative estimate of drug-likeness (QED) is 0.557. The monoisotopic (exact) mass is 394 g/mol. The molecule has 0 unspecified atom stereocenters. The molecule has 7 nitrogen and oxygen atoms in total. The molecule has 0 aliphatic carbocycles. The summed E-state index contributed by atoms with van der Waals surface area (Å²) in [7, 11) is 0. The number of rotatable bonds is 5. The lowest BCUT2D eigenvalue weighted by molar-refractivity contribution is -0.119. The van der Waals surface area contributed by atoms with E-state index >= 15 is 0 Å². The molecule has 4 aromatic rings. The minimum atomic E-state index is -0.467. The van der Waals surface area contributed by atoms with Crippen LogP contribution in [0.5, 0.6) is 0 Å². The van der Waals surface area contributed by atoms with Gasteiger partial charge in [-0.3, -0.25) is 9.59 Å². The number of aromatic nitrogens is 3. The molecule has 0 bridgehead atoms. The molecule has 0 radical (unpaired) electrons. The van der Waals surface area contributed by atoms with Crippen molar-refractivity contribution < 1.29 is 9.21 Å². The van der Waals surface area contributed by atoms with E-state index in [2.05, 4.69) is 15.4 Å². The van der Waals surface area contributed by atoms with E-state index in [0.717, 1.165) is 15.8 Å². The van der Waals surface area contributed by atoms with E-state index < -0.39 is 5.92 Å². The van der Waals surface area contributed by atoms with Gasteiger partial charge in [0.15, 0.2) is 10.9 Å². The van der Waals surface area contributed by atoms with Gasteiger partial charge < -0.3 is 9.73 Å². The topological polar surface area (TPSA) is 90.0 Å². The van der Waals surface area contributed by atoms with Gasteiger partial charge in [0.1, 0.15) is 5.69 Å². The molecule has 0 saturated carbocycles. The van der Waals surface area contributed by atoms with Crippen molar-refractivity contribution in [3.05, 3.63) is 64.6 Å². The zero-order valence-corrected chi connectivity index (χ0v) is 16.2. The van der Waals surface area contributed by atoms with Gasteiger partial charge in [-0.05, 0) is 42.8 Å². The van der Waals surface area contributed by atoms with Crippen LogP contribution in [0.4, 0.5) is 5.13 Å². The average molecular weight is 394 g/mol. The lowest BCUT2D eigenvalue weighted by Gasteiger charge is -2.12. The number of carbonyl (C=O) groups is 1. The van der Waals surface area contributed by atoms with E-state index in [1.54, 1.807) is 31.4 Å². The van der Waals surface area contributed by atoms with Crippen LogP contribution in [0.3, 0.4) is 0 Å². The zero-order chi connectivity index (χ0) is 19.7. The summed E-state index contributed by atoms with van der Waals surface area (Å²) in [4.78, 5) is 29.2. The Bertz CT molecular complexity index is 1190. The first-order valence-electron chi connectivity index (χ1n) is 8.80. The predicted octanol–water partition coefficient (Wildman–Crippen LogP) is 3.70. The number of thiazole rings is 1. The minimum absolute atomic E-state index is 0.156.